The maximum atomic E-state index is 6.29. The highest BCUT2D eigenvalue weighted by Crippen LogP contribution is 2.34. The van der Waals surface area contributed by atoms with Crippen LogP contribution in [0.4, 0.5) is 11.6 Å². The Kier molecular flexibility index (Phi) is 11.5. The molecule has 0 saturated heterocycles. The SMILES string of the molecule is CCCCC(CCCC)c1cc(N)nc(-c2cc(C(CCCC)CCCC)cc(N)n2)c1. The molecule has 0 spiro atoms. The van der Waals surface area contributed by atoms with Crippen molar-refractivity contribution in [2.45, 2.75) is 117 Å². The zero-order valence-electron chi connectivity index (χ0n) is 21.0. The van der Waals surface area contributed by atoms with E-state index < -0.39 is 0 Å². The van der Waals surface area contributed by atoms with E-state index in [-0.39, 0.29) is 0 Å². The van der Waals surface area contributed by atoms with Crippen LogP contribution in [0, 0.1) is 0 Å². The van der Waals surface area contributed by atoms with Gasteiger partial charge in [0.2, 0.25) is 0 Å². The van der Waals surface area contributed by atoms with E-state index in [2.05, 4.69) is 61.9 Å². The van der Waals surface area contributed by atoms with E-state index in [9.17, 15) is 0 Å². The summed E-state index contributed by atoms with van der Waals surface area (Å²) in [5, 5.41) is 0. The fourth-order valence-corrected chi connectivity index (χ4v) is 4.64. The predicted octanol–water partition coefficient (Wildman–Crippen LogP) is 8.24. The summed E-state index contributed by atoms with van der Waals surface area (Å²) >= 11 is 0. The van der Waals surface area contributed by atoms with Crippen LogP contribution in [0.5, 0.6) is 0 Å². The number of pyridine rings is 2. The molecule has 0 aliphatic carbocycles. The lowest BCUT2D eigenvalue weighted by atomic mass is 9.87. The van der Waals surface area contributed by atoms with Gasteiger partial charge in [0.15, 0.2) is 0 Å². The number of hydrogen-bond acceptors (Lipinski definition) is 4. The minimum absolute atomic E-state index is 0.529. The smallest absolute Gasteiger partial charge is 0.124 e. The van der Waals surface area contributed by atoms with E-state index in [1.54, 1.807) is 0 Å². The second-order valence-electron chi connectivity index (χ2n) is 9.38. The average Bonchev–Trinajstić information content (AvgIpc) is 2.78. The first kappa shape index (κ1) is 26.2. The van der Waals surface area contributed by atoms with Crippen molar-refractivity contribution in [3.8, 4) is 11.4 Å². The van der Waals surface area contributed by atoms with E-state index in [0.29, 0.717) is 23.5 Å². The van der Waals surface area contributed by atoms with Crippen LogP contribution in [0.2, 0.25) is 0 Å². The van der Waals surface area contributed by atoms with Crippen molar-refractivity contribution in [3.63, 3.8) is 0 Å². The highest BCUT2D eigenvalue weighted by atomic mass is 14.9. The Balaban J connectivity index is 2.41. The molecule has 0 unspecified atom stereocenters. The van der Waals surface area contributed by atoms with Gasteiger partial charge in [-0.15, -0.1) is 0 Å². The van der Waals surface area contributed by atoms with Crippen LogP contribution >= 0.6 is 0 Å². The predicted molar refractivity (Wildman–Crippen MR) is 140 cm³/mol. The molecule has 4 N–H and O–H groups in total. The molecule has 0 saturated carbocycles. The molecule has 0 radical (unpaired) electrons. The van der Waals surface area contributed by atoms with E-state index in [4.69, 9.17) is 11.5 Å². The van der Waals surface area contributed by atoms with Crippen molar-refractivity contribution in [1.82, 2.24) is 9.97 Å². The first-order valence-electron chi connectivity index (χ1n) is 13.1. The van der Waals surface area contributed by atoms with Crippen LogP contribution in [0.3, 0.4) is 0 Å². The summed E-state index contributed by atoms with van der Waals surface area (Å²) < 4.78 is 0. The fraction of sp³-hybridized carbons (Fsp3) is 0.643. The van der Waals surface area contributed by atoms with Gasteiger partial charge in [-0.05, 0) is 72.9 Å². The van der Waals surface area contributed by atoms with Gasteiger partial charge >= 0.3 is 0 Å². The molecule has 2 aromatic rings. The molecular weight excluding hydrogens is 392 g/mol. The molecule has 178 valence electrons. The molecular formula is C28H46N4. The fourth-order valence-electron chi connectivity index (χ4n) is 4.64. The zero-order chi connectivity index (χ0) is 23.3. The number of nitrogens with two attached hydrogens (primary N) is 2. The van der Waals surface area contributed by atoms with Crippen molar-refractivity contribution >= 4 is 11.6 Å². The van der Waals surface area contributed by atoms with E-state index in [1.165, 1.54) is 88.2 Å². The number of aromatic nitrogens is 2. The molecule has 0 bridgehead atoms. The molecule has 0 atom stereocenters. The third kappa shape index (κ3) is 8.11. The molecule has 2 rings (SSSR count). The molecule has 4 heteroatoms. The summed E-state index contributed by atoms with van der Waals surface area (Å²) in [5.74, 6) is 2.22. The van der Waals surface area contributed by atoms with E-state index in [0.717, 1.165) is 11.4 Å². The molecule has 32 heavy (non-hydrogen) atoms. The number of unbranched alkanes of at least 4 members (excludes halogenated alkanes) is 4. The van der Waals surface area contributed by atoms with Crippen LogP contribution in [0.25, 0.3) is 11.4 Å². The highest BCUT2D eigenvalue weighted by Gasteiger charge is 2.17. The maximum absolute atomic E-state index is 6.29. The minimum atomic E-state index is 0.529. The molecule has 0 aromatic carbocycles. The Morgan fingerprint density at radius 3 is 1.16 bits per heavy atom. The molecule has 4 nitrogen and oxygen atoms in total. The average molecular weight is 439 g/mol. The lowest BCUT2D eigenvalue weighted by Gasteiger charge is -2.20. The summed E-state index contributed by atoms with van der Waals surface area (Å²) in [7, 11) is 0. The Hall–Kier alpha value is -2.10. The van der Waals surface area contributed by atoms with Gasteiger partial charge in [0.1, 0.15) is 11.6 Å². The molecule has 0 aliphatic rings. The summed E-state index contributed by atoms with van der Waals surface area (Å²) in [6.07, 6.45) is 14.6. The third-order valence-electron chi connectivity index (χ3n) is 6.56. The van der Waals surface area contributed by atoms with Crippen LogP contribution < -0.4 is 11.5 Å². The molecule has 2 heterocycles. The Morgan fingerprint density at radius 1 is 0.562 bits per heavy atom. The second kappa shape index (κ2) is 14.1. The topological polar surface area (TPSA) is 77.8 Å². The van der Waals surface area contributed by atoms with Crippen molar-refractivity contribution in [3.05, 3.63) is 35.4 Å². The summed E-state index contributed by atoms with van der Waals surface area (Å²) in [6, 6.07) is 8.56. The number of rotatable bonds is 15. The van der Waals surface area contributed by atoms with Gasteiger partial charge in [0.05, 0.1) is 11.4 Å². The maximum Gasteiger partial charge on any atom is 0.124 e. The van der Waals surface area contributed by atoms with Gasteiger partial charge in [-0.1, -0.05) is 79.1 Å². The van der Waals surface area contributed by atoms with Gasteiger partial charge in [-0.3, -0.25) is 0 Å². The van der Waals surface area contributed by atoms with Crippen LogP contribution in [-0.4, -0.2) is 9.97 Å². The third-order valence-corrected chi connectivity index (χ3v) is 6.56. The summed E-state index contributed by atoms with van der Waals surface area (Å²) in [4.78, 5) is 9.35. The quantitative estimate of drug-likeness (QED) is 0.293. The lowest BCUT2D eigenvalue weighted by Crippen LogP contribution is -2.06. The van der Waals surface area contributed by atoms with Crippen molar-refractivity contribution in [2.24, 2.45) is 0 Å². The summed E-state index contributed by atoms with van der Waals surface area (Å²) in [6.45, 7) is 9.04. The largest absolute Gasteiger partial charge is 0.384 e. The first-order chi connectivity index (χ1) is 15.5. The number of hydrogen-bond donors (Lipinski definition) is 2. The zero-order valence-corrected chi connectivity index (χ0v) is 21.0. The molecule has 0 amide bonds. The Bertz CT molecular complexity index is 719. The van der Waals surface area contributed by atoms with E-state index in [1.807, 2.05) is 0 Å². The van der Waals surface area contributed by atoms with Crippen molar-refractivity contribution in [1.29, 1.82) is 0 Å². The minimum Gasteiger partial charge on any atom is -0.384 e. The number of anilines is 2. The highest BCUT2D eigenvalue weighted by molar-refractivity contribution is 5.62. The molecule has 0 fully saturated rings. The second-order valence-corrected chi connectivity index (χ2v) is 9.38. The van der Waals surface area contributed by atoms with Crippen LogP contribution in [-0.2, 0) is 0 Å². The van der Waals surface area contributed by atoms with Gasteiger partial charge in [0.25, 0.3) is 0 Å². The van der Waals surface area contributed by atoms with Crippen molar-refractivity contribution in [2.75, 3.05) is 11.5 Å². The molecule has 2 aromatic heterocycles. The van der Waals surface area contributed by atoms with Crippen molar-refractivity contribution < 1.29 is 0 Å². The first-order valence-corrected chi connectivity index (χ1v) is 13.1. The Labute approximate surface area is 196 Å². The van der Waals surface area contributed by atoms with Crippen LogP contribution in [0.15, 0.2) is 24.3 Å². The van der Waals surface area contributed by atoms with Gasteiger partial charge in [-0.25, -0.2) is 9.97 Å². The lowest BCUT2D eigenvalue weighted by molar-refractivity contribution is 0.524. The van der Waals surface area contributed by atoms with Gasteiger partial charge in [-0.2, -0.15) is 0 Å². The number of nitrogens with zero attached hydrogens (tertiary/aromatic N) is 2. The monoisotopic (exact) mass is 438 g/mol. The van der Waals surface area contributed by atoms with E-state index >= 15 is 0 Å². The Morgan fingerprint density at radius 2 is 0.875 bits per heavy atom. The standard InChI is InChI=1S/C28H46N4/c1-5-9-13-21(14-10-6-2)23-17-25(31-27(29)19-23)26-18-24(20-28(30)32-26)22(15-11-7-3)16-12-8-4/h17-22H,5-16H2,1-4H3,(H2,29,31)(H2,30,32). The van der Waals surface area contributed by atoms with Gasteiger partial charge in [0, 0.05) is 0 Å². The van der Waals surface area contributed by atoms with Crippen LogP contribution in [0.1, 0.15) is 128 Å². The van der Waals surface area contributed by atoms with Gasteiger partial charge < -0.3 is 11.5 Å². The molecule has 0 aliphatic heterocycles. The number of nitrogen functional groups attached to an aromatic ring is 2. The summed E-state index contributed by atoms with van der Waals surface area (Å²) in [5.41, 5.74) is 16.9. The normalized spacial score (nSPS) is 11.6.